The first-order valence-electron chi connectivity index (χ1n) is 7.86. The normalized spacial score (nSPS) is 44.7. The molecule has 0 aliphatic carbocycles. The van der Waals surface area contributed by atoms with Crippen molar-refractivity contribution < 1.29 is 4.74 Å². The number of hydrogen-bond donors (Lipinski definition) is 1. The van der Waals surface area contributed by atoms with Crippen LogP contribution in [0.25, 0.3) is 0 Å². The van der Waals surface area contributed by atoms with Crippen molar-refractivity contribution in [1.82, 2.24) is 10.2 Å². The molecule has 18 heavy (non-hydrogen) atoms. The van der Waals surface area contributed by atoms with Crippen molar-refractivity contribution in [2.45, 2.75) is 69.7 Å². The molecule has 0 aromatic rings. The Labute approximate surface area is 111 Å². The topological polar surface area (TPSA) is 24.5 Å². The molecule has 0 aromatic heterocycles. The Morgan fingerprint density at radius 1 is 1.17 bits per heavy atom. The highest BCUT2D eigenvalue weighted by Crippen LogP contribution is 2.37. The van der Waals surface area contributed by atoms with Crippen molar-refractivity contribution >= 4 is 0 Å². The Kier molecular flexibility index (Phi) is 3.92. The summed E-state index contributed by atoms with van der Waals surface area (Å²) in [5, 5.41) is 3.49. The Hall–Kier alpha value is -0.120. The van der Waals surface area contributed by atoms with Gasteiger partial charge in [-0.25, -0.2) is 0 Å². The molecule has 3 fully saturated rings. The number of fused-ring (bicyclic) bond motifs is 2. The fraction of sp³-hybridized carbons (Fsp3) is 1.00. The molecule has 2 bridgehead atoms. The van der Waals surface area contributed by atoms with Crippen LogP contribution in [0.5, 0.6) is 0 Å². The molecule has 3 rings (SSSR count). The van der Waals surface area contributed by atoms with E-state index in [0.717, 1.165) is 30.7 Å². The zero-order chi connectivity index (χ0) is 12.5. The standard InChI is InChI=1S/C15H28N2O/c1-3-15-11(6-7-18-15)10-17-13-4-5-14(17)9-12(8-13)16-2/h11-16H,3-10H2,1-2H3. The van der Waals surface area contributed by atoms with E-state index in [2.05, 4.69) is 24.2 Å². The molecule has 0 amide bonds. The van der Waals surface area contributed by atoms with Gasteiger partial charge in [0.15, 0.2) is 0 Å². The van der Waals surface area contributed by atoms with Crippen LogP contribution in [0.4, 0.5) is 0 Å². The zero-order valence-corrected chi connectivity index (χ0v) is 11.9. The van der Waals surface area contributed by atoms with Crippen molar-refractivity contribution in [3.05, 3.63) is 0 Å². The second kappa shape index (κ2) is 5.48. The van der Waals surface area contributed by atoms with Crippen LogP contribution in [0.2, 0.25) is 0 Å². The Morgan fingerprint density at radius 2 is 1.89 bits per heavy atom. The minimum Gasteiger partial charge on any atom is -0.378 e. The predicted octanol–water partition coefficient (Wildman–Crippen LogP) is 2.02. The highest BCUT2D eigenvalue weighted by atomic mass is 16.5. The van der Waals surface area contributed by atoms with Gasteiger partial charge in [0.2, 0.25) is 0 Å². The van der Waals surface area contributed by atoms with Crippen LogP contribution < -0.4 is 5.32 Å². The molecule has 3 heterocycles. The Balaban J connectivity index is 1.60. The molecule has 104 valence electrons. The summed E-state index contributed by atoms with van der Waals surface area (Å²) in [4.78, 5) is 2.83. The maximum absolute atomic E-state index is 5.85. The SMILES string of the molecule is CCC1OCCC1CN1C2CCC1CC(NC)C2. The van der Waals surface area contributed by atoms with Gasteiger partial charge in [0.25, 0.3) is 0 Å². The van der Waals surface area contributed by atoms with Crippen LogP contribution in [0.3, 0.4) is 0 Å². The summed E-state index contributed by atoms with van der Waals surface area (Å²) in [6, 6.07) is 2.46. The molecule has 0 aromatic carbocycles. The van der Waals surface area contributed by atoms with Gasteiger partial charge in [-0.15, -0.1) is 0 Å². The van der Waals surface area contributed by atoms with Crippen LogP contribution in [0.15, 0.2) is 0 Å². The number of nitrogens with one attached hydrogen (secondary N) is 1. The van der Waals surface area contributed by atoms with Gasteiger partial charge in [0, 0.05) is 31.3 Å². The van der Waals surface area contributed by atoms with Crippen LogP contribution in [0.1, 0.15) is 45.4 Å². The van der Waals surface area contributed by atoms with E-state index >= 15 is 0 Å². The molecule has 3 aliphatic rings. The average Bonchev–Trinajstić information content (AvgIpc) is 2.92. The van der Waals surface area contributed by atoms with E-state index in [1.807, 2.05) is 0 Å². The van der Waals surface area contributed by atoms with Gasteiger partial charge in [-0.2, -0.15) is 0 Å². The fourth-order valence-electron chi connectivity index (χ4n) is 4.43. The Morgan fingerprint density at radius 3 is 2.50 bits per heavy atom. The molecule has 4 unspecified atom stereocenters. The fourth-order valence-corrected chi connectivity index (χ4v) is 4.43. The third kappa shape index (κ3) is 2.33. The van der Waals surface area contributed by atoms with Gasteiger partial charge in [-0.1, -0.05) is 6.92 Å². The molecule has 3 nitrogen and oxygen atoms in total. The van der Waals surface area contributed by atoms with Crippen molar-refractivity contribution in [3.63, 3.8) is 0 Å². The Bertz CT molecular complexity index is 270. The van der Waals surface area contributed by atoms with E-state index in [-0.39, 0.29) is 0 Å². The van der Waals surface area contributed by atoms with Crippen LogP contribution >= 0.6 is 0 Å². The van der Waals surface area contributed by atoms with Gasteiger partial charge in [-0.05, 0) is 51.5 Å². The van der Waals surface area contributed by atoms with Crippen molar-refractivity contribution in [3.8, 4) is 0 Å². The van der Waals surface area contributed by atoms with Gasteiger partial charge in [0.1, 0.15) is 0 Å². The lowest BCUT2D eigenvalue weighted by Gasteiger charge is -2.40. The van der Waals surface area contributed by atoms with Gasteiger partial charge < -0.3 is 10.1 Å². The molecular formula is C15H28N2O. The van der Waals surface area contributed by atoms with Crippen molar-refractivity contribution in [2.24, 2.45) is 5.92 Å². The molecular weight excluding hydrogens is 224 g/mol. The third-order valence-electron chi connectivity index (χ3n) is 5.49. The number of ether oxygens (including phenoxy) is 1. The molecule has 1 N–H and O–H groups in total. The van der Waals surface area contributed by atoms with E-state index in [9.17, 15) is 0 Å². The van der Waals surface area contributed by atoms with E-state index in [1.54, 1.807) is 0 Å². The summed E-state index contributed by atoms with van der Waals surface area (Å²) in [5.41, 5.74) is 0. The van der Waals surface area contributed by atoms with Crippen LogP contribution in [0, 0.1) is 5.92 Å². The summed E-state index contributed by atoms with van der Waals surface area (Å²) in [7, 11) is 2.12. The highest BCUT2D eigenvalue weighted by molar-refractivity contribution is 4.98. The predicted molar refractivity (Wildman–Crippen MR) is 73.7 cm³/mol. The van der Waals surface area contributed by atoms with Crippen LogP contribution in [-0.2, 0) is 4.74 Å². The largest absolute Gasteiger partial charge is 0.378 e. The molecule has 0 radical (unpaired) electrons. The molecule has 3 saturated heterocycles. The molecule has 4 atom stereocenters. The second-order valence-electron chi connectivity index (χ2n) is 6.41. The lowest BCUT2D eigenvalue weighted by atomic mass is 9.93. The number of hydrogen-bond acceptors (Lipinski definition) is 3. The van der Waals surface area contributed by atoms with E-state index in [4.69, 9.17) is 4.74 Å². The van der Waals surface area contributed by atoms with E-state index in [0.29, 0.717) is 6.10 Å². The molecule has 3 heteroatoms. The number of piperidine rings is 1. The smallest absolute Gasteiger partial charge is 0.0613 e. The maximum Gasteiger partial charge on any atom is 0.0613 e. The van der Waals surface area contributed by atoms with Gasteiger partial charge in [-0.3, -0.25) is 4.90 Å². The number of nitrogens with zero attached hydrogens (tertiary/aromatic N) is 1. The minimum absolute atomic E-state index is 0.534. The first-order valence-corrected chi connectivity index (χ1v) is 7.86. The van der Waals surface area contributed by atoms with Gasteiger partial charge >= 0.3 is 0 Å². The first-order chi connectivity index (χ1) is 8.81. The van der Waals surface area contributed by atoms with Gasteiger partial charge in [0.05, 0.1) is 6.10 Å². The maximum atomic E-state index is 5.85. The van der Waals surface area contributed by atoms with Crippen molar-refractivity contribution in [1.29, 1.82) is 0 Å². The minimum atomic E-state index is 0.534. The lowest BCUT2D eigenvalue weighted by molar-refractivity contribution is 0.0519. The second-order valence-corrected chi connectivity index (χ2v) is 6.41. The third-order valence-corrected chi connectivity index (χ3v) is 5.49. The van der Waals surface area contributed by atoms with E-state index in [1.165, 1.54) is 45.1 Å². The number of rotatable bonds is 4. The van der Waals surface area contributed by atoms with Crippen LogP contribution in [-0.4, -0.2) is 49.3 Å². The summed E-state index contributed by atoms with van der Waals surface area (Å²) in [6.07, 6.45) is 8.57. The highest BCUT2D eigenvalue weighted by Gasteiger charge is 2.42. The van der Waals surface area contributed by atoms with Crippen molar-refractivity contribution in [2.75, 3.05) is 20.2 Å². The lowest BCUT2D eigenvalue weighted by Crippen LogP contribution is -2.50. The zero-order valence-electron chi connectivity index (χ0n) is 11.9. The first kappa shape index (κ1) is 12.9. The quantitative estimate of drug-likeness (QED) is 0.828. The molecule has 0 spiro atoms. The summed E-state index contributed by atoms with van der Waals surface area (Å²) < 4.78 is 5.85. The summed E-state index contributed by atoms with van der Waals surface area (Å²) >= 11 is 0. The van der Waals surface area contributed by atoms with E-state index < -0.39 is 0 Å². The molecule has 3 aliphatic heterocycles. The average molecular weight is 252 g/mol. The summed E-state index contributed by atoms with van der Waals surface area (Å²) in [5.74, 6) is 0.796. The monoisotopic (exact) mass is 252 g/mol. The summed E-state index contributed by atoms with van der Waals surface area (Å²) in [6.45, 7) is 4.56. The molecule has 0 saturated carbocycles.